The van der Waals surface area contributed by atoms with Crippen LogP contribution in [0.1, 0.15) is 16.7 Å². The lowest BCUT2D eigenvalue weighted by Crippen LogP contribution is -2.54. The normalized spacial score (nSPS) is 15.1. The molecule has 1 aliphatic heterocycles. The molecule has 2 aromatic carbocycles. The number of nitrogens with one attached hydrogen (secondary N) is 2. The van der Waals surface area contributed by atoms with Gasteiger partial charge in [-0.1, -0.05) is 24.3 Å². The number of benzene rings is 2. The summed E-state index contributed by atoms with van der Waals surface area (Å²) in [5, 5.41) is 6.29. The summed E-state index contributed by atoms with van der Waals surface area (Å²) in [4.78, 5) is 40.0. The lowest BCUT2D eigenvalue weighted by atomic mass is 10.1. The number of fused-ring (bicyclic) bond motifs is 1. The standard InChI is InChI=1S/C26H26N4O4S/c1-16-10-17(2)12-19(11-16)30-25(33)21(24(32)28-26(30)35)13-18-14-29(15-23(31)27-8-9-34-3)22-7-5-4-6-20(18)22/h4-7,10-14H,8-9,15H2,1-3H3,(H,27,31)(H,28,32,35). The molecule has 4 rings (SSSR count). The van der Waals surface area contributed by atoms with E-state index in [-0.39, 0.29) is 23.1 Å². The van der Waals surface area contributed by atoms with Crippen LogP contribution in [0.2, 0.25) is 0 Å². The van der Waals surface area contributed by atoms with Gasteiger partial charge in [0.2, 0.25) is 5.91 Å². The van der Waals surface area contributed by atoms with E-state index in [0.717, 1.165) is 22.0 Å². The number of carbonyl (C=O) groups excluding carboxylic acids is 3. The van der Waals surface area contributed by atoms with Crippen LogP contribution in [0.3, 0.4) is 0 Å². The summed E-state index contributed by atoms with van der Waals surface area (Å²) < 4.78 is 6.76. The maximum absolute atomic E-state index is 13.5. The van der Waals surface area contributed by atoms with E-state index in [0.29, 0.717) is 24.4 Å². The van der Waals surface area contributed by atoms with Gasteiger partial charge >= 0.3 is 0 Å². The molecule has 0 radical (unpaired) electrons. The number of thiocarbonyl (C=S) groups is 1. The van der Waals surface area contributed by atoms with Crippen LogP contribution in [0, 0.1) is 13.8 Å². The lowest BCUT2D eigenvalue weighted by molar-refractivity contribution is -0.123. The van der Waals surface area contributed by atoms with Crippen molar-refractivity contribution < 1.29 is 19.1 Å². The highest BCUT2D eigenvalue weighted by Crippen LogP contribution is 2.27. The molecule has 0 saturated carbocycles. The maximum atomic E-state index is 13.5. The van der Waals surface area contributed by atoms with E-state index in [4.69, 9.17) is 17.0 Å². The zero-order valence-corrected chi connectivity index (χ0v) is 20.6. The number of nitrogens with zero attached hydrogens (tertiary/aromatic N) is 2. The molecule has 8 nitrogen and oxygen atoms in total. The summed E-state index contributed by atoms with van der Waals surface area (Å²) in [5.74, 6) is -1.23. The van der Waals surface area contributed by atoms with E-state index >= 15 is 0 Å². The summed E-state index contributed by atoms with van der Waals surface area (Å²) in [6, 6.07) is 13.2. The first-order chi connectivity index (χ1) is 16.8. The van der Waals surface area contributed by atoms with E-state index in [1.54, 1.807) is 23.9 Å². The van der Waals surface area contributed by atoms with E-state index < -0.39 is 11.8 Å². The molecular formula is C26H26N4O4S. The first-order valence-corrected chi connectivity index (χ1v) is 11.5. The van der Waals surface area contributed by atoms with E-state index in [2.05, 4.69) is 10.6 Å². The van der Waals surface area contributed by atoms with Gasteiger partial charge in [0.1, 0.15) is 12.1 Å². The average Bonchev–Trinajstić information content (AvgIpc) is 3.13. The Morgan fingerprint density at radius 2 is 1.86 bits per heavy atom. The number of methoxy groups -OCH3 is 1. The second kappa shape index (κ2) is 10.2. The number of ether oxygens (including phenoxy) is 1. The second-order valence-electron chi connectivity index (χ2n) is 8.38. The Kier molecular flexibility index (Phi) is 7.09. The minimum atomic E-state index is -0.560. The molecule has 0 spiro atoms. The number of hydrogen-bond donors (Lipinski definition) is 2. The van der Waals surface area contributed by atoms with Gasteiger partial charge in [0.05, 0.1) is 12.3 Å². The SMILES string of the molecule is COCCNC(=O)Cn1cc(C=C2C(=O)NC(=S)N(c3cc(C)cc(C)c3)C2=O)c2ccccc21. The molecule has 1 aliphatic rings. The number of aryl methyl sites for hydroxylation is 2. The van der Waals surface area contributed by atoms with Crippen molar-refractivity contribution in [1.29, 1.82) is 0 Å². The number of rotatable bonds is 7. The summed E-state index contributed by atoms with van der Waals surface area (Å²) in [5.41, 5.74) is 3.97. The molecular weight excluding hydrogens is 464 g/mol. The third-order valence-electron chi connectivity index (χ3n) is 5.63. The first-order valence-electron chi connectivity index (χ1n) is 11.1. The van der Waals surface area contributed by atoms with E-state index in [1.807, 2.05) is 56.3 Å². The Labute approximate surface area is 208 Å². The molecule has 1 fully saturated rings. The molecule has 1 aromatic heterocycles. The highest BCUT2D eigenvalue weighted by Gasteiger charge is 2.35. The largest absolute Gasteiger partial charge is 0.383 e. The molecule has 0 aliphatic carbocycles. The van der Waals surface area contributed by atoms with Crippen molar-refractivity contribution in [2.45, 2.75) is 20.4 Å². The Morgan fingerprint density at radius 3 is 2.57 bits per heavy atom. The van der Waals surface area contributed by atoms with Crippen LogP contribution >= 0.6 is 12.2 Å². The molecule has 0 unspecified atom stereocenters. The number of carbonyl (C=O) groups is 3. The van der Waals surface area contributed by atoms with Crippen molar-refractivity contribution in [2.75, 3.05) is 25.2 Å². The summed E-state index contributed by atoms with van der Waals surface area (Å²) in [6.45, 7) is 4.79. The molecule has 35 heavy (non-hydrogen) atoms. The minimum Gasteiger partial charge on any atom is -0.383 e. The van der Waals surface area contributed by atoms with Gasteiger partial charge < -0.3 is 14.6 Å². The molecule has 3 amide bonds. The molecule has 180 valence electrons. The third kappa shape index (κ3) is 5.16. The maximum Gasteiger partial charge on any atom is 0.270 e. The van der Waals surface area contributed by atoms with Crippen molar-refractivity contribution in [3.05, 3.63) is 70.9 Å². The van der Waals surface area contributed by atoms with Gasteiger partial charge in [0, 0.05) is 36.3 Å². The van der Waals surface area contributed by atoms with Crippen molar-refractivity contribution in [3.8, 4) is 0 Å². The van der Waals surface area contributed by atoms with Crippen molar-refractivity contribution in [3.63, 3.8) is 0 Å². The highest BCUT2D eigenvalue weighted by atomic mass is 32.1. The van der Waals surface area contributed by atoms with Crippen molar-refractivity contribution in [1.82, 2.24) is 15.2 Å². The minimum absolute atomic E-state index is 0.0368. The summed E-state index contributed by atoms with van der Waals surface area (Å²) in [6.07, 6.45) is 3.32. The fourth-order valence-corrected chi connectivity index (χ4v) is 4.43. The number of amides is 3. The van der Waals surface area contributed by atoms with Gasteiger partial charge in [-0.25, -0.2) is 0 Å². The van der Waals surface area contributed by atoms with Crippen LogP contribution in [-0.4, -0.2) is 47.7 Å². The predicted octanol–water partition coefficient (Wildman–Crippen LogP) is 2.85. The quantitative estimate of drug-likeness (QED) is 0.230. The van der Waals surface area contributed by atoms with E-state index in [9.17, 15) is 14.4 Å². The van der Waals surface area contributed by atoms with Crippen LogP contribution in [-0.2, 0) is 25.7 Å². The molecule has 0 atom stereocenters. The van der Waals surface area contributed by atoms with Gasteiger partial charge in [0.25, 0.3) is 11.8 Å². The smallest absolute Gasteiger partial charge is 0.270 e. The predicted molar refractivity (Wildman–Crippen MR) is 139 cm³/mol. The van der Waals surface area contributed by atoms with Crippen LogP contribution in [0.25, 0.3) is 17.0 Å². The zero-order chi connectivity index (χ0) is 25.1. The molecule has 2 heterocycles. The Morgan fingerprint density at radius 1 is 1.14 bits per heavy atom. The zero-order valence-electron chi connectivity index (χ0n) is 19.8. The van der Waals surface area contributed by atoms with Crippen LogP contribution in [0.15, 0.2) is 54.2 Å². The van der Waals surface area contributed by atoms with Crippen molar-refractivity contribution in [2.24, 2.45) is 0 Å². The highest BCUT2D eigenvalue weighted by molar-refractivity contribution is 7.80. The molecule has 0 bridgehead atoms. The fraction of sp³-hybridized carbons (Fsp3) is 0.231. The van der Waals surface area contributed by atoms with Gasteiger partial charge in [0.15, 0.2) is 5.11 Å². The Bertz CT molecular complexity index is 1350. The lowest BCUT2D eigenvalue weighted by Gasteiger charge is -2.29. The molecule has 2 N–H and O–H groups in total. The van der Waals surface area contributed by atoms with E-state index in [1.165, 1.54) is 4.90 Å². The van der Waals surface area contributed by atoms with Crippen LogP contribution in [0.4, 0.5) is 5.69 Å². The Hall–Kier alpha value is -3.82. The second-order valence-corrected chi connectivity index (χ2v) is 8.76. The first kappa shape index (κ1) is 24.3. The molecule has 3 aromatic rings. The topological polar surface area (TPSA) is 92.7 Å². The number of hydrogen-bond acceptors (Lipinski definition) is 5. The number of para-hydroxylation sites is 1. The average molecular weight is 491 g/mol. The van der Waals surface area contributed by atoms with Gasteiger partial charge in [-0.3, -0.25) is 24.6 Å². The van der Waals surface area contributed by atoms with Crippen molar-refractivity contribution >= 4 is 57.7 Å². The summed E-state index contributed by atoms with van der Waals surface area (Å²) in [7, 11) is 1.57. The third-order valence-corrected chi connectivity index (χ3v) is 5.91. The number of anilines is 1. The van der Waals surface area contributed by atoms with Gasteiger partial charge in [-0.05, 0) is 61.5 Å². The van der Waals surface area contributed by atoms with Gasteiger partial charge in [-0.2, -0.15) is 0 Å². The molecule has 9 heteroatoms. The van der Waals surface area contributed by atoms with Gasteiger partial charge in [-0.15, -0.1) is 0 Å². The van der Waals surface area contributed by atoms with Crippen LogP contribution in [0.5, 0.6) is 0 Å². The fourth-order valence-electron chi connectivity index (χ4n) is 4.15. The Balaban J connectivity index is 1.71. The monoisotopic (exact) mass is 490 g/mol. The molecule has 1 saturated heterocycles. The number of aromatic nitrogens is 1. The van der Waals surface area contributed by atoms with Crippen LogP contribution < -0.4 is 15.5 Å². The summed E-state index contributed by atoms with van der Waals surface area (Å²) >= 11 is 5.33.